The zero-order chi connectivity index (χ0) is 12.2. The molecule has 88 valence electrons. The molecular weight excluding hydrogens is 221 g/mol. The van der Waals surface area contributed by atoms with Crippen LogP contribution in [0.2, 0.25) is 0 Å². The Bertz CT molecular complexity index is 359. The Hall–Kier alpha value is -1.72. The summed E-state index contributed by atoms with van der Waals surface area (Å²) >= 11 is 0. The van der Waals surface area contributed by atoms with E-state index >= 15 is 0 Å². The zero-order valence-corrected chi connectivity index (χ0v) is 8.34. The van der Waals surface area contributed by atoms with Crippen molar-refractivity contribution in [2.45, 2.75) is 12.6 Å². The lowest BCUT2D eigenvalue weighted by Crippen LogP contribution is -2.19. The van der Waals surface area contributed by atoms with Gasteiger partial charge in [-0.1, -0.05) is 12.1 Å². The van der Waals surface area contributed by atoms with Crippen molar-refractivity contribution >= 4 is 5.84 Å². The average Bonchev–Trinajstić information content (AvgIpc) is 2.14. The summed E-state index contributed by atoms with van der Waals surface area (Å²) in [5, 5.41) is 7.05. The van der Waals surface area contributed by atoms with Crippen LogP contribution < -0.4 is 10.5 Å². The molecule has 0 saturated carbocycles. The van der Waals surface area contributed by atoms with Crippen LogP contribution >= 0.6 is 0 Å². The molecule has 6 heteroatoms. The fraction of sp³-hybridized carbons (Fsp3) is 0.300. The van der Waals surface area contributed by atoms with Gasteiger partial charge in [0.1, 0.15) is 5.75 Å². The number of amidine groups is 1. The Labute approximate surface area is 90.5 Å². The topological polar surface area (TPSA) is 59.1 Å². The van der Waals surface area contributed by atoms with Crippen molar-refractivity contribution < 1.29 is 17.9 Å². The quantitative estimate of drug-likeness (QED) is 0.617. The summed E-state index contributed by atoms with van der Waals surface area (Å²) in [4.78, 5) is 0. The van der Waals surface area contributed by atoms with E-state index in [9.17, 15) is 13.2 Å². The van der Waals surface area contributed by atoms with E-state index in [0.29, 0.717) is 0 Å². The Morgan fingerprint density at radius 3 is 2.25 bits per heavy atom. The molecule has 0 aliphatic rings. The van der Waals surface area contributed by atoms with Crippen LogP contribution in [-0.2, 0) is 6.42 Å². The molecule has 0 heterocycles. The predicted molar refractivity (Wildman–Crippen MR) is 53.6 cm³/mol. The highest BCUT2D eigenvalue weighted by molar-refractivity contribution is 5.79. The highest BCUT2D eigenvalue weighted by Crippen LogP contribution is 2.18. The van der Waals surface area contributed by atoms with E-state index in [4.69, 9.17) is 11.1 Å². The standard InChI is InChI=1S/C10H11F3N2O/c11-10(12,13)6-16-8-3-1-7(2-4-8)5-9(14)15/h1-4H,5-6H2,(H3,14,15). The molecule has 16 heavy (non-hydrogen) atoms. The first-order chi connectivity index (χ1) is 7.37. The predicted octanol–water partition coefficient (Wildman–Crippen LogP) is 2.11. The molecule has 1 rings (SSSR count). The maximum Gasteiger partial charge on any atom is 0.422 e. The summed E-state index contributed by atoms with van der Waals surface area (Å²) in [7, 11) is 0. The molecule has 0 radical (unpaired) electrons. The van der Waals surface area contributed by atoms with Gasteiger partial charge < -0.3 is 10.5 Å². The van der Waals surface area contributed by atoms with Gasteiger partial charge in [-0.25, -0.2) is 0 Å². The van der Waals surface area contributed by atoms with Crippen LogP contribution in [0.4, 0.5) is 13.2 Å². The number of alkyl halides is 3. The van der Waals surface area contributed by atoms with Gasteiger partial charge in [-0.2, -0.15) is 13.2 Å². The van der Waals surface area contributed by atoms with Crippen molar-refractivity contribution in [3.05, 3.63) is 29.8 Å². The largest absolute Gasteiger partial charge is 0.484 e. The molecule has 0 bridgehead atoms. The van der Waals surface area contributed by atoms with Crippen LogP contribution in [0.5, 0.6) is 5.75 Å². The molecule has 0 amide bonds. The minimum Gasteiger partial charge on any atom is -0.484 e. The van der Waals surface area contributed by atoms with Crippen molar-refractivity contribution in [2.75, 3.05) is 6.61 Å². The average molecular weight is 232 g/mol. The maximum absolute atomic E-state index is 11.8. The van der Waals surface area contributed by atoms with Crippen LogP contribution in [-0.4, -0.2) is 18.6 Å². The summed E-state index contributed by atoms with van der Waals surface area (Å²) in [6.07, 6.45) is -4.06. The van der Waals surface area contributed by atoms with Gasteiger partial charge in [-0.3, -0.25) is 5.41 Å². The van der Waals surface area contributed by atoms with E-state index in [-0.39, 0.29) is 18.0 Å². The van der Waals surface area contributed by atoms with Crippen LogP contribution in [0.15, 0.2) is 24.3 Å². The van der Waals surface area contributed by atoms with Gasteiger partial charge in [0.25, 0.3) is 0 Å². The summed E-state index contributed by atoms with van der Waals surface area (Å²) in [6.45, 7) is -1.31. The molecule has 0 spiro atoms. The van der Waals surface area contributed by atoms with Crippen LogP contribution in [0.3, 0.4) is 0 Å². The molecule has 0 atom stereocenters. The summed E-state index contributed by atoms with van der Waals surface area (Å²) in [6, 6.07) is 5.99. The van der Waals surface area contributed by atoms with E-state index in [1.165, 1.54) is 12.1 Å². The van der Waals surface area contributed by atoms with Gasteiger partial charge in [-0.05, 0) is 17.7 Å². The molecule has 3 N–H and O–H groups in total. The van der Waals surface area contributed by atoms with Crippen molar-refractivity contribution in [2.24, 2.45) is 5.73 Å². The lowest BCUT2D eigenvalue weighted by atomic mass is 10.1. The monoisotopic (exact) mass is 232 g/mol. The second kappa shape index (κ2) is 4.87. The molecule has 0 aromatic heterocycles. The fourth-order valence-corrected chi connectivity index (χ4v) is 1.09. The number of nitrogens with one attached hydrogen (secondary N) is 1. The Morgan fingerprint density at radius 1 is 1.25 bits per heavy atom. The van der Waals surface area contributed by atoms with Gasteiger partial charge in [0.2, 0.25) is 0 Å². The molecule has 0 aliphatic heterocycles. The minimum atomic E-state index is -4.34. The first kappa shape index (κ1) is 12.4. The summed E-state index contributed by atoms with van der Waals surface area (Å²) < 4.78 is 40.0. The van der Waals surface area contributed by atoms with Gasteiger partial charge in [0, 0.05) is 6.42 Å². The van der Waals surface area contributed by atoms with E-state index < -0.39 is 12.8 Å². The maximum atomic E-state index is 11.8. The van der Waals surface area contributed by atoms with E-state index in [0.717, 1.165) is 5.56 Å². The lowest BCUT2D eigenvalue weighted by molar-refractivity contribution is -0.153. The van der Waals surface area contributed by atoms with Gasteiger partial charge >= 0.3 is 6.18 Å². The number of hydrogen-bond donors (Lipinski definition) is 2. The van der Waals surface area contributed by atoms with Crippen molar-refractivity contribution in [3.8, 4) is 5.75 Å². The second-order valence-electron chi connectivity index (χ2n) is 3.25. The number of halogens is 3. The third kappa shape index (κ3) is 4.68. The summed E-state index contributed by atoms with van der Waals surface area (Å²) in [5.74, 6) is 0.147. The van der Waals surface area contributed by atoms with Crippen LogP contribution in [0.1, 0.15) is 5.56 Å². The van der Waals surface area contributed by atoms with Crippen molar-refractivity contribution in [1.29, 1.82) is 5.41 Å². The number of ether oxygens (including phenoxy) is 1. The first-order valence-corrected chi connectivity index (χ1v) is 4.48. The Balaban J connectivity index is 2.55. The molecule has 0 aliphatic carbocycles. The van der Waals surface area contributed by atoms with Gasteiger partial charge in [-0.15, -0.1) is 0 Å². The third-order valence-electron chi connectivity index (χ3n) is 1.72. The molecule has 0 unspecified atom stereocenters. The van der Waals surface area contributed by atoms with Gasteiger partial charge in [0.15, 0.2) is 6.61 Å². The van der Waals surface area contributed by atoms with E-state index in [2.05, 4.69) is 4.74 Å². The van der Waals surface area contributed by atoms with Crippen LogP contribution in [0, 0.1) is 5.41 Å². The molecular formula is C10H11F3N2O. The van der Waals surface area contributed by atoms with Crippen molar-refractivity contribution in [1.82, 2.24) is 0 Å². The van der Waals surface area contributed by atoms with E-state index in [1.807, 2.05) is 0 Å². The highest BCUT2D eigenvalue weighted by Gasteiger charge is 2.28. The van der Waals surface area contributed by atoms with E-state index in [1.54, 1.807) is 12.1 Å². The van der Waals surface area contributed by atoms with Gasteiger partial charge in [0.05, 0.1) is 5.84 Å². The third-order valence-corrected chi connectivity index (χ3v) is 1.72. The number of rotatable bonds is 4. The Kier molecular flexibility index (Phi) is 3.76. The minimum absolute atomic E-state index is 0.00367. The molecule has 0 fully saturated rings. The second-order valence-corrected chi connectivity index (χ2v) is 3.25. The molecule has 3 nitrogen and oxygen atoms in total. The summed E-state index contributed by atoms with van der Waals surface area (Å²) in [5.41, 5.74) is 5.94. The molecule has 1 aromatic rings. The zero-order valence-electron chi connectivity index (χ0n) is 8.34. The normalized spacial score (nSPS) is 11.2. The smallest absolute Gasteiger partial charge is 0.422 e. The molecule has 0 saturated heterocycles. The fourth-order valence-electron chi connectivity index (χ4n) is 1.09. The Morgan fingerprint density at radius 2 is 1.81 bits per heavy atom. The number of benzene rings is 1. The SMILES string of the molecule is N=C(N)Cc1ccc(OCC(F)(F)F)cc1. The van der Waals surface area contributed by atoms with Crippen molar-refractivity contribution in [3.63, 3.8) is 0 Å². The first-order valence-electron chi connectivity index (χ1n) is 4.48. The van der Waals surface area contributed by atoms with Crippen LogP contribution in [0.25, 0.3) is 0 Å². The lowest BCUT2D eigenvalue weighted by Gasteiger charge is -2.09. The number of nitrogens with two attached hydrogens (primary N) is 1. The highest BCUT2D eigenvalue weighted by atomic mass is 19.4. The molecule has 1 aromatic carbocycles. The number of hydrogen-bond acceptors (Lipinski definition) is 2.